The normalized spacial score (nSPS) is 16.0. The van der Waals surface area contributed by atoms with Gasteiger partial charge < -0.3 is 14.5 Å². The number of rotatable bonds is 6. The average Bonchev–Trinajstić information content (AvgIpc) is 3.41. The van der Waals surface area contributed by atoms with Crippen molar-refractivity contribution in [2.75, 3.05) is 7.11 Å². The Balaban J connectivity index is 1.60. The minimum Gasteiger partial charge on any atom is -0.388 e. The Hall–Kier alpha value is -3.49. The van der Waals surface area contributed by atoms with Crippen molar-refractivity contribution in [1.82, 2.24) is 20.5 Å². The number of aromatic nitrogens is 2. The molecular formula is C21H20N4O4. The maximum atomic E-state index is 13.2. The molecule has 0 saturated heterocycles. The van der Waals surface area contributed by atoms with Crippen LogP contribution >= 0.6 is 0 Å². The Morgan fingerprint density at radius 3 is 2.59 bits per heavy atom. The Kier molecular flexibility index (Phi) is 5.37. The van der Waals surface area contributed by atoms with Crippen molar-refractivity contribution in [1.29, 1.82) is 0 Å². The number of nitrogens with zero attached hydrogens (tertiary/aromatic N) is 3. The van der Waals surface area contributed by atoms with Crippen LogP contribution < -0.4 is 5.48 Å². The molecule has 1 amide bonds. The average molecular weight is 392 g/mol. The number of carbonyl (C=O) groups is 1. The van der Waals surface area contributed by atoms with E-state index < -0.39 is 6.04 Å². The fourth-order valence-corrected chi connectivity index (χ4v) is 3.27. The highest BCUT2D eigenvalue weighted by atomic mass is 16.6. The van der Waals surface area contributed by atoms with Crippen molar-refractivity contribution in [3.8, 4) is 11.1 Å². The molecule has 148 valence electrons. The lowest BCUT2D eigenvalue weighted by Gasteiger charge is -2.20. The lowest BCUT2D eigenvalue weighted by molar-refractivity contribution is 0.0760. The van der Waals surface area contributed by atoms with Crippen LogP contribution in [0.2, 0.25) is 0 Å². The van der Waals surface area contributed by atoms with E-state index in [1.807, 2.05) is 42.5 Å². The van der Waals surface area contributed by atoms with Crippen LogP contribution in [0.15, 0.2) is 71.0 Å². The number of aliphatic hydroxyl groups is 1. The zero-order valence-electron chi connectivity index (χ0n) is 15.8. The van der Waals surface area contributed by atoms with Gasteiger partial charge in [0.15, 0.2) is 5.82 Å². The van der Waals surface area contributed by atoms with Gasteiger partial charge in [-0.25, -0.2) is 0 Å². The summed E-state index contributed by atoms with van der Waals surface area (Å²) in [6.45, 7) is -0.332. The number of amides is 1. The molecule has 29 heavy (non-hydrogen) atoms. The summed E-state index contributed by atoms with van der Waals surface area (Å²) in [5, 5.41) is 12.9. The van der Waals surface area contributed by atoms with Crippen LogP contribution in [-0.2, 0) is 11.4 Å². The Morgan fingerprint density at radius 2 is 1.93 bits per heavy atom. The quantitative estimate of drug-likeness (QED) is 0.622. The van der Waals surface area contributed by atoms with Crippen molar-refractivity contribution >= 4 is 5.91 Å². The van der Waals surface area contributed by atoms with Crippen molar-refractivity contribution in [2.24, 2.45) is 0 Å². The molecule has 0 spiro atoms. The first-order valence-corrected chi connectivity index (χ1v) is 9.11. The predicted molar refractivity (Wildman–Crippen MR) is 104 cm³/mol. The Bertz CT molecular complexity index is 1010. The van der Waals surface area contributed by atoms with Crippen molar-refractivity contribution in [3.63, 3.8) is 0 Å². The molecule has 1 unspecified atom stereocenters. The smallest absolute Gasteiger partial charge is 0.258 e. The monoisotopic (exact) mass is 392 g/mol. The van der Waals surface area contributed by atoms with Crippen LogP contribution in [0.25, 0.3) is 11.1 Å². The molecular weight excluding hydrogens is 372 g/mol. The summed E-state index contributed by atoms with van der Waals surface area (Å²) in [6, 6.07) is 16.9. The summed E-state index contributed by atoms with van der Waals surface area (Å²) >= 11 is 0. The summed E-state index contributed by atoms with van der Waals surface area (Å²) in [5.41, 5.74) is 6.11. The van der Waals surface area contributed by atoms with Crippen molar-refractivity contribution in [3.05, 3.63) is 83.8 Å². The summed E-state index contributed by atoms with van der Waals surface area (Å²) in [4.78, 5) is 23.8. The minimum absolute atomic E-state index is 0.174. The Morgan fingerprint density at radius 1 is 1.21 bits per heavy atom. The van der Waals surface area contributed by atoms with E-state index in [2.05, 4.69) is 15.6 Å². The zero-order valence-corrected chi connectivity index (χ0v) is 15.8. The molecule has 1 atom stereocenters. The molecule has 1 aromatic heterocycles. The van der Waals surface area contributed by atoms with E-state index in [-0.39, 0.29) is 24.2 Å². The fourth-order valence-electron chi connectivity index (χ4n) is 3.27. The molecule has 0 radical (unpaired) electrons. The van der Waals surface area contributed by atoms with Crippen LogP contribution in [0.1, 0.15) is 34.5 Å². The molecule has 8 nitrogen and oxygen atoms in total. The van der Waals surface area contributed by atoms with Gasteiger partial charge in [0.2, 0.25) is 5.89 Å². The van der Waals surface area contributed by atoms with E-state index in [9.17, 15) is 9.90 Å². The van der Waals surface area contributed by atoms with Gasteiger partial charge >= 0.3 is 0 Å². The third-order valence-corrected chi connectivity index (χ3v) is 4.66. The maximum absolute atomic E-state index is 13.2. The number of carbonyl (C=O) groups excluding carboxylic acids is 1. The number of aliphatic hydroxyl groups excluding tert-OH is 1. The van der Waals surface area contributed by atoms with Crippen LogP contribution in [-0.4, -0.2) is 33.2 Å². The van der Waals surface area contributed by atoms with Gasteiger partial charge in [-0.1, -0.05) is 47.6 Å². The van der Waals surface area contributed by atoms with Gasteiger partial charge in [0.05, 0.1) is 12.8 Å². The number of benzene rings is 2. The fraction of sp³-hybridized carbons (Fsp3) is 0.190. The molecule has 0 aliphatic carbocycles. The molecule has 0 fully saturated rings. The topological polar surface area (TPSA) is 101 Å². The first-order chi connectivity index (χ1) is 14.2. The van der Waals surface area contributed by atoms with Crippen LogP contribution in [0.4, 0.5) is 0 Å². The molecule has 2 N–H and O–H groups in total. The molecule has 0 bridgehead atoms. The van der Waals surface area contributed by atoms with E-state index in [0.717, 1.165) is 11.1 Å². The highest BCUT2D eigenvalue weighted by molar-refractivity contribution is 5.96. The highest BCUT2D eigenvalue weighted by Gasteiger charge is 2.35. The molecule has 3 aromatic rings. The lowest BCUT2D eigenvalue weighted by atomic mass is 10.0. The highest BCUT2D eigenvalue weighted by Crippen LogP contribution is 2.34. The van der Waals surface area contributed by atoms with Gasteiger partial charge in [0.1, 0.15) is 12.6 Å². The minimum atomic E-state index is -0.484. The molecule has 1 aliphatic rings. The molecule has 4 rings (SSSR count). The van der Waals surface area contributed by atoms with Gasteiger partial charge in [-0.15, -0.1) is 0 Å². The largest absolute Gasteiger partial charge is 0.388 e. The van der Waals surface area contributed by atoms with Crippen molar-refractivity contribution < 1.29 is 19.3 Å². The number of hydrogen-bond donors (Lipinski definition) is 2. The second-order valence-electron chi connectivity index (χ2n) is 6.54. The van der Waals surface area contributed by atoms with Crippen LogP contribution in [0, 0.1) is 0 Å². The molecule has 2 heterocycles. The van der Waals surface area contributed by atoms with Crippen LogP contribution in [0.3, 0.4) is 0 Å². The van der Waals surface area contributed by atoms with Crippen molar-refractivity contribution in [2.45, 2.75) is 19.1 Å². The third-order valence-electron chi connectivity index (χ3n) is 4.66. The number of hydrogen-bond acceptors (Lipinski definition) is 7. The Labute approximate surface area is 167 Å². The third kappa shape index (κ3) is 3.89. The van der Waals surface area contributed by atoms with Gasteiger partial charge in [-0.3, -0.25) is 15.1 Å². The molecule has 1 aliphatic heterocycles. The van der Waals surface area contributed by atoms with Gasteiger partial charge in [0.25, 0.3) is 5.91 Å². The molecule has 0 saturated carbocycles. The first-order valence-electron chi connectivity index (χ1n) is 9.11. The molecule has 2 aromatic carbocycles. The second kappa shape index (κ2) is 8.26. The summed E-state index contributed by atoms with van der Waals surface area (Å²) < 4.78 is 5.24. The number of hydroxylamine groups is 1. The summed E-state index contributed by atoms with van der Waals surface area (Å²) in [6.07, 6.45) is 2.10. The number of nitrogens with one attached hydrogen (secondary N) is 1. The lowest BCUT2D eigenvalue weighted by Crippen LogP contribution is -2.27. The summed E-state index contributed by atoms with van der Waals surface area (Å²) in [5.74, 6) is 0.228. The van der Waals surface area contributed by atoms with E-state index in [0.29, 0.717) is 17.7 Å². The van der Waals surface area contributed by atoms with E-state index in [1.165, 1.54) is 12.0 Å². The van der Waals surface area contributed by atoms with Gasteiger partial charge in [-0.05, 0) is 23.3 Å². The molecule has 8 heteroatoms. The predicted octanol–water partition coefficient (Wildman–Crippen LogP) is 2.81. The van der Waals surface area contributed by atoms with E-state index >= 15 is 0 Å². The van der Waals surface area contributed by atoms with Crippen LogP contribution in [0.5, 0.6) is 0 Å². The first kappa shape index (κ1) is 18.9. The maximum Gasteiger partial charge on any atom is 0.258 e. The van der Waals surface area contributed by atoms with Gasteiger partial charge in [-0.2, -0.15) is 4.98 Å². The van der Waals surface area contributed by atoms with Gasteiger partial charge in [0, 0.05) is 18.2 Å². The zero-order chi connectivity index (χ0) is 20.2. The standard InChI is InChI=1S/C21H20N4O4/c1-28-23-17-11-18(20-22-19(13-26)24-29-20)25(12-17)21(27)16-9-7-15(8-10-16)14-5-3-2-4-6-14/h2-10,12,18,23,26H,11,13H2,1H3. The van der Waals surface area contributed by atoms with E-state index in [4.69, 9.17) is 9.36 Å². The second-order valence-corrected chi connectivity index (χ2v) is 6.54. The SMILES string of the molecule is CONC1=CN(C(=O)c2ccc(-c3ccccc3)cc2)C(c2nc(CO)no2)C1. The summed E-state index contributed by atoms with van der Waals surface area (Å²) in [7, 11) is 1.50. The van der Waals surface area contributed by atoms with E-state index in [1.54, 1.807) is 18.3 Å².